The molecule has 4 aliphatic rings. The topological polar surface area (TPSA) is 148 Å². The van der Waals surface area contributed by atoms with Gasteiger partial charge in [0.05, 0.1) is 6.61 Å². The lowest BCUT2D eigenvalue weighted by molar-refractivity contribution is -0.0688. The van der Waals surface area contributed by atoms with E-state index in [9.17, 15) is 15.3 Å². The zero-order valence-electron chi connectivity index (χ0n) is 14.1. The summed E-state index contributed by atoms with van der Waals surface area (Å²) in [5.41, 5.74) is 7.06. The number of nitrogens with two attached hydrogens (primary N) is 1. The predicted octanol–water partition coefficient (Wildman–Crippen LogP) is -1.51. The zero-order valence-corrected chi connectivity index (χ0v) is 16.3. The second kappa shape index (κ2) is 7.04. The highest BCUT2D eigenvalue weighted by molar-refractivity contribution is 14.1. The van der Waals surface area contributed by atoms with Gasteiger partial charge in [-0.05, 0) is 12.8 Å². The van der Waals surface area contributed by atoms with Crippen molar-refractivity contribution >= 4 is 38.0 Å². The standard InChI is InChI=1S/C15H23IN6O4/c16-14-19-12-11(15(17,21-14)20-7-3-1-2-4-7)18-6-22(12)13-10(25)9(24)8(5-23)26-13/h7-10,13,20,23-25H,1-6,17H2/t8-,9-,10-,13-,15?/m1/s1. The molecule has 10 nitrogen and oxygen atoms in total. The van der Waals surface area contributed by atoms with Crippen molar-refractivity contribution in [2.24, 2.45) is 20.7 Å². The minimum Gasteiger partial charge on any atom is -0.394 e. The van der Waals surface area contributed by atoms with Gasteiger partial charge in [0.15, 0.2) is 15.9 Å². The third-order valence-electron chi connectivity index (χ3n) is 5.30. The molecule has 5 atom stereocenters. The maximum atomic E-state index is 10.3. The fraction of sp³-hybridized carbons (Fsp3) is 0.800. The molecular formula is C15H23IN6O4. The Morgan fingerprint density at radius 2 is 2.04 bits per heavy atom. The molecule has 1 saturated heterocycles. The second-order valence-electron chi connectivity index (χ2n) is 7.06. The Hall–Kier alpha value is -0.700. The normalized spacial score (nSPS) is 40.5. The van der Waals surface area contributed by atoms with E-state index < -0.39 is 30.3 Å². The molecule has 0 spiro atoms. The van der Waals surface area contributed by atoms with Crippen LogP contribution in [-0.4, -0.2) is 85.3 Å². The highest BCUT2D eigenvalue weighted by atomic mass is 127. The van der Waals surface area contributed by atoms with Gasteiger partial charge in [0, 0.05) is 28.6 Å². The lowest BCUT2D eigenvalue weighted by Gasteiger charge is -2.35. The van der Waals surface area contributed by atoms with Crippen LogP contribution in [-0.2, 0) is 4.74 Å². The minimum atomic E-state index is -1.18. The molecule has 0 bridgehead atoms. The average Bonchev–Trinajstić information content (AvgIpc) is 3.29. The summed E-state index contributed by atoms with van der Waals surface area (Å²) in [6, 6.07) is 0.276. The SMILES string of the molecule is NC1(NC2CCCC2)N=C(I)N=C2C1=NCN2[C@@H]1O[C@H](CO)[C@@H](O)[C@H]1O. The number of hydrogen-bond donors (Lipinski definition) is 5. The van der Waals surface area contributed by atoms with Crippen LogP contribution in [0.25, 0.3) is 0 Å². The number of aliphatic hydroxyl groups excluding tert-OH is 3. The number of nitrogens with zero attached hydrogens (tertiary/aromatic N) is 4. The maximum absolute atomic E-state index is 10.3. The van der Waals surface area contributed by atoms with Gasteiger partial charge in [-0.3, -0.25) is 16.0 Å². The van der Waals surface area contributed by atoms with Crippen LogP contribution in [0.2, 0.25) is 0 Å². The van der Waals surface area contributed by atoms with Crippen molar-refractivity contribution in [1.82, 2.24) is 10.2 Å². The highest BCUT2D eigenvalue weighted by Gasteiger charge is 2.51. The average molecular weight is 478 g/mol. The van der Waals surface area contributed by atoms with Crippen molar-refractivity contribution in [3.8, 4) is 0 Å². The third-order valence-corrected chi connectivity index (χ3v) is 5.78. The third kappa shape index (κ3) is 3.08. The molecule has 2 fully saturated rings. The summed E-state index contributed by atoms with van der Waals surface area (Å²) in [4.78, 5) is 15.1. The number of hydrogen-bond acceptors (Lipinski definition) is 10. The van der Waals surface area contributed by atoms with Gasteiger partial charge in [0.25, 0.3) is 0 Å². The number of aliphatic hydroxyl groups is 3. The molecule has 4 rings (SSSR count). The minimum absolute atomic E-state index is 0.186. The predicted molar refractivity (Wildman–Crippen MR) is 103 cm³/mol. The Bertz CT molecular complexity index is 667. The van der Waals surface area contributed by atoms with Crippen molar-refractivity contribution in [2.45, 2.75) is 62.1 Å². The van der Waals surface area contributed by atoms with Crippen LogP contribution in [0.1, 0.15) is 25.7 Å². The molecule has 144 valence electrons. The van der Waals surface area contributed by atoms with Crippen molar-refractivity contribution in [3.63, 3.8) is 0 Å². The zero-order chi connectivity index (χ0) is 18.5. The van der Waals surface area contributed by atoms with E-state index in [0.717, 1.165) is 25.7 Å². The molecule has 1 aliphatic carbocycles. The van der Waals surface area contributed by atoms with E-state index >= 15 is 0 Å². The Kier molecular flexibility index (Phi) is 5.05. The van der Waals surface area contributed by atoms with Crippen LogP contribution in [0, 0.1) is 0 Å². The fourth-order valence-electron chi connectivity index (χ4n) is 3.96. The van der Waals surface area contributed by atoms with Gasteiger partial charge in [0.2, 0.25) is 5.79 Å². The molecule has 6 N–H and O–H groups in total. The molecule has 1 unspecified atom stereocenters. The van der Waals surface area contributed by atoms with Crippen LogP contribution in [0.15, 0.2) is 15.0 Å². The first kappa shape index (κ1) is 18.7. The summed E-state index contributed by atoms with van der Waals surface area (Å²) in [6.45, 7) is -0.197. The number of aliphatic imine (C=N–C) groups is 3. The van der Waals surface area contributed by atoms with E-state index in [4.69, 9.17) is 10.5 Å². The van der Waals surface area contributed by atoms with Crippen molar-refractivity contribution in [3.05, 3.63) is 0 Å². The lowest BCUT2D eigenvalue weighted by Crippen LogP contribution is -2.65. The van der Waals surface area contributed by atoms with Gasteiger partial charge in [-0.1, -0.05) is 12.8 Å². The summed E-state index contributed by atoms with van der Waals surface area (Å²) in [5, 5.41) is 33.1. The molecule has 0 aromatic carbocycles. The summed E-state index contributed by atoms with van der Waals surface area (Å²) in [6.07, 6.45) is 0.344. The Morgan fingerprint density at radius 1 is 1.31 bits per heavy atom. The van der Waals surface area contributed by atoms with E-state index in [2.05, 4.69) is 20.3 Å². The summed E-state index contributed by atoms with van der Waals surface area (Å²) in [7, 11) is 0. The van der Waals surface area contributed by atoms with Crippen LogP contribution in [0.4, 0.5) is 0 Å². The molecule has 0 amide bonds. The number of nitrogens with one attached hydrogen (secondary N) is 1. The van der Waals surface area contributed by atoms with Crippen LogP contribution < -0.4 is 11.1 Å². The van der Waals surface area contributed by atoms with E-state index in [1.807, 2.05) is 22.6 Å². The molecule has 11 heteroatoms. The van der Waals surface area contributed by atoms with Gasteiger partial charge in [-0.2, -0.15) is 0 Å². The number of amidine groups is 2. The lowest BCUT2D eigenvalue weighted by atomic mass is 10.1. The molecule has 0 radical (unpaired) electrons. The van der Waals surface area contributed by atoms with E-state index in [-0.39, 0.29) is 19.3 Å². The number of fused-ring (bicyclic) bond motifs is 1. The molecule has 0 aromatic rings. The van der Waals surface area contributed by atoms with Crippen molar-refractivity contribution in [1.29, 1.82) is 0 Å². The molecular weight excluding hydrogens is 455 g/mol. The summed E-state index contributed by atoms with van der Waals surface area (Å²) >= 11 is 2.01. The van der Waals surface area contributed by atoms with Crippen molar-refractivity contribution in [2.75, 3.05) is 13.3 Å². The monoisotopic (exact) mass is 478 g/mol. The maximum Gasteiger partial charge on any atom is 0.212 e. The molecule has 0 aromatic heterocycles. The fourth-order valence-corrected chi connectivity index (χ4v) is 4.57. The Balaban J connectivity index is 1.58. The molecule has 3 aliphatic heterocycles. The summed E-state index contributed by atoms with van der Waals surface area (Å²) < 4.78 is 6.10. The van der Waals surface area contributed by atoms with Gasteiger partial charge in [-0.25, -0.2) is 9.98 Å². The quantitative estimate of drug-likeness (QED) is 0.187. The number of ether oxygens (including phenoxy) is 1. The number of rotatable bonds is 4. The first-order valence-corrected chi connectivity index (χ1v) is 9.86. The Morgan fingerprint density at radius 3 is 2.69 bits per heavy atom. The first-order valence-electron chi connectivity index (χ1n) is 8.78. The van der Waals surface area contributed by atoms with Crippen LogP contribution in [0.5, 0.6) is 0 Å². The molecule has 26 heavy (non-hydrogen) atoms. The van der Waals surface area contributed by atoms with Crippen LogP contribution >= 0.6 is 22.6 Å². The first-order chi connectivity index (χ1) is 12.4. The molecule has 1 saturated carbocycles. The Labute approximate surface area is 164 Å². The van der Waals surface area contributed by atoms with Gasteiger partial charge in [-0.15, -0.1) is 0 Å². The van der Waals surface area contributed by atoms with Crippen molar-refractivity contribution < 1.29 is 20.1 Å². The largest absolute Gasteiger partial charge is 0.394 e. The smallest absolute Gasteiger partial charge is 0.212 e. The molecule has 3 heterocycles. The van der Waals surface area contributed by atoms with E-state index in [1.54, 1.807) is 4.90 Å². The second-order valence-corrected chi connectivity index (χ2v) is 8.02. The number of halogens is 1. The highest BCUT2D eigenvalue weighted by Crippen LogP contribution is 2.30. The van der Waals surface area contributed by atoms with E-state index in [0.29, 0.717) is 15.4 Å². The van der Waals surface area contributed by atoms with Crippen LogP contribution in [0.3, 0.4) is 0 Å². The van der Waals surface area contributed by atoms with Gasteiger partial charge >= 0.3 is 0 Å². The van der Waals surface area contributed by atoms with Gasteiger partial charge < -0.3 is 25.0 Å². The van der Waals surface area contributed by atoms with E-state index in [1.165, 1.54) is 0 Å². The summed E-state index contributed by atoms with van der Waals surface area (Å²) in [5.74, 6) is -0.692. The van der Waals surface area contributed by atoms with Gasteiger partial charge in [0.1, 0.15) is 30.7 Å².